The number of nitrogens with zero attached hydrogens (tertiary/aromatic N) is 2. The van der Waals surface area contributed by atoms with Gasteiger partial charge in [0.05, 0.1) is 6.04 Å². The number of piperazine rings is 1. The van der Waals surface area contributed by atoms with E-state index < -0.39 is 6.04 Å². The van der Waals surface area contributed by atoms with Crippen LogP contribution >= 0.6 is 12.4 Å². The summed E-state index contributed by atoms with van der Waals surface area (Å²) in [6, 6.07) is 9.36. The van der Waals surface area contributed by atoms with E-state index in [2.05, 4.69) is 0 Å². The zero-order valence-electron chi connectivity index (χ0n) is 16.0. The number of rotatable bonds is 6. The quantitative estimate of drug-likeness (QED) is 0.807. The second-order valence-electron chi connectivity index (χ2n) is 7.69. The van der Waals surface area contributed by atoms with Crippen molar-refractivity contribution in [3.63, 3.8) is 0 Å². The van der Waals surface area contributed by atoms with Gasteiger partial charge in [-0.05, 0) is 24.3 Å². The molecule has 1 atom stereocenters. The fraction of sp³-hybridized carbons (Fsp3) is 0.619. The first-order valence-electron chi connectivity index (χ1n) is 9.99. The summed E-state index contributed by atoms with van der Waals surface area (Å²) < 4.78 is 0. The zero-order valence-corrected chi connectivity index (χ0v) is 16.8. The highest BCUT2D eigenvalue weighted by atomic mass is 35.5. The number of amides is 2. The van der Waals surface area contributed by atoms with Crippen LogP contribution in [-0.2, 0) is 16.0 Å². The second-order valence-corrected chi connectivity index (χ2v) is 7.69. The van der Waals surface area contributed by atoms with Gasteiger partial charge in [-0.1, -0.05) is 56.0 Å². The molecule has 1 saturated carbocycles. The Hall–Kier alpha value is -1.59. The van der Waals surface area contributed by atoms with Crippen LogP contribution in [0, 0.1) is 5.92 Å². The number of hydrogen-bond donors (Lipinski definition) is 1. The maximum atomic E-state index is 12.6. The Balaban J connectivity index is 0.00000261. The van der Waals surface area contributed by atoms with E-state index in [-0.39, 0.29) is 24.2 Å². The Morgan fingerprint density at radius 1 is 1.00 bits per heavy atom. The van der Waals surface area contributed by atoms with Gasteiger partial charge in [0.15, 0.2) is 0 Å². The van der Waals surface area contributed by atoms with E-state index in [4.69, 9.17) is 5.73 Å². The van der Waals surface area contributed by atoms with Gasteiger partial charge in [0.2, 0.25) is 11.8 Å². The minimum atomic E-state index is -0.512. The third-order valence-corrected chi connectivity index (χ3v) is 5.80. The normalized spacial score (nSPS) is 18.9. The molecule has 1 heterocycles. The first kappa shape index (κ1) is 21.7. The predicted octanol–water partition coefficient (Wildman–Crippen LogP) is 2.62. The molecule has 150 valence electrons. The summed E-state index contributed by atoms with van der Waals surface area (Å²) in [7, 11) is 0. The number of benzene rings is 1. The van der Waals surface area contributed by atoms with E-state index in [1.165, 1.54) is 25.7 Å². The highest BCUT2D eigenvalue weighted by molar-refractivity contribution is 5.85. The summed E-state index contributed by atoms with van der Waals surface area (Å²) in [5, 5.41) is 0. The fourth-order valence-electron chi connectivity index (χ4n) is 4.15. The number of carbonyl (C=O) groups is 2. The van der Waals surface area contributed by atoms with Gasteiger partial charge in [0.25, 0.3) is 0 Å². The molecule has 6 heteroatoms. The molecule has 0 unspecified atom stereocenters. The van der Waals surface area contributed by atoms with E-state index in [0.29, 0.717) is 39.0 Å². The van der Waals surface area contributed by atoms with E-state index in [1.54, 1.807) is 0 Å². The van der Waals surface area contributed by atoms with Crippen LogP contribution in [0.4, 0.5) is 0 Å². The van der Waals surface area contributed by atoms with Crippen LogP contribution in [0.5, 0.6) is 0 Å². The van der Waals surface area contributed by atoms with Crippen molar-refractivity contribution in [1.82, 2.24) is 9.80 Å². The van der Waals surface area contributed by atoms with Crippen LogP contribution in [-0.4, -0.2) is 53.8 Å². The highest BCUT2D eigenvalue weighted by Gasteiger charge is 2.27. The van der Waals surface area contributed by atoms with Crippen LogP contribution in [0.15, 0.2) is 30.3 Å². The molecule has 3 rings (SSSR count). The molecular weight excluding hydrogens is 362 g/mol. The van der Waals surface area contributed by atoms with Gasteiger partial charge in [-0.25, -0.2) is 0 Å². The standard InChI is InChI=1S/C21H31N3O2.ClH/c22-19(16-18-8-2-1-3-9-18)21(26)24-14-12-23(13-15-24)20(25)11-10-17-6-4-5-7-17;/h1-3,8-9,17,19H,4-7,10-16,22H2;1H/t19-;/m0./s1. The number of carbonyl (C=O) groups excluding carboxylic acids is 2. The minimum Gasteiger partial charge on any atom is -0.339 e. The Bertz CT molecular complexity index is 597. The summed E-state index contributed by atoms with van der Waals surface area (Å²) in [5.41, 5.74) is 7.20. The van der Waals surface area contributed by atoms with Crippen LogP contribution < -0.4 is 5.73 Å². The molecule has 1 aliphatic carbocycles. The molecule has 0 aromatic heterocycles. The summed E-state index contributed by atoms with van der Waals surface area (Å²) in [6.07, 6.45) is 7.46. The van der Waals surface area contributed by atoms with E-state index >= 15 is 0 Å². The summed E-state index contributed by atoms with van der Waals surface area (Å²) >= 11 is 0. The molecule has 0 radical (unpaired) electrons. The molecule has 2 N–H and O–H groups in total. The minimum absolute atomic E-state index is 0. The molecule has 1 aromatic rings. The zero-order chi connectivity index (χ0) is 18.4. The predicted molar refractivity (Wildman–Crippen MR) is 110 cm³/mol. The van der Waals surface area contributed by atoms with E-state index in [0.717, 1.165) is 17.9 Å². The second kappa shape index (κ2) is 10.7. The van der Waals surface area contributed by atoms with Crippen LogP contribution in [0.2, 0.25) is 0 Å². The molecule has 2 fully saturated rings. The summed E-state index contributed by atoms with van der Waals surface area (Å²) in [5.74, 6) is 0.988. The van der Waals surface area contributed by atoms with Crippen molar-refractivity contribution in [2.24, 2.45) is 11.7 Å². The Morgan fingerprint density at radius 2 is 1.59 bits per heavy atom. The van der Waals surface area contributed by atoms with Gasteiger partial charge in [-0.15, -0.1) is 12.4 Å². The topological polar surface area (TPSA) is 66.6 Å². The lowest BCUT2D eigenvalue weighted by Gasteiger charge is -2.36. The molecule has 2 amide bonds. The average Bonchev–Trinajstić information content (AvgIpc) is 3.20. The first-order valence-corrected chi connectivity index (χ1v) is 9.99. The van der Waals surface area contributed by atoms with Gasteiger partial charge >= 0.3 is 0 Å². The van der Waals surface area contributed by atoms with Gasteiger partial charge in [-0.3, -0.25) is 9.59 Å². The smallest absolute Gasteiger partial charge is 0.239 e. The SMILES string of the molecule is Cl.N[C@@H](Cc1ccccc1)C(=O)N1CCN(C(=O)CCC2CCCC2)CC1. The summed E-state index contributed by atoms with van der Waals surface area (Å²) in [6.45, 7) is 2.45. The summed E-state index contributed by atoms with van der Waals surface area (Å²) in [4.78, 5) is 28.7. The average molecular weight is 394 g/mol. The number of nitrogens with two attached hydrogens (primary N) is 1. The van der Waals surface area contributed by atoms with Crippen molar-refractivity contribution in [3.05, 3.63) is 35.9 Å². The molecule has 5 nitrogen and oxygen atoms in total. The lowest BCUT2D eigenvalue weighted by atomic mass is 10.0. The van der Waals surface area contributed by atoms with Gasteiger partial charge in [-0.2, -0.15) is 0 Å². The number of hydrogen-bond acceptors (Lipinski definition) is 3. The molecule has 27 heavy (non-hydrogen) atoms. The lowest BCUT2D eigenvalue weighted by molar-refractivity contribution is -0.140. The maximum Gasteiger partial charge on any atom is 0.239 e. The third kappa shape index (κ3) is 6.22. The van der Waals surface area contributed by atoms with Crippen molar-refractivity contribution in [3.8, 4) is 0 Å². The molecule has 0 bridgehead atoms. The number of halogens is 1. The molecule has 1 saturated heterocycles. The highest BCUT2D eigenvalue weighted by Crippen LogP contribution is 2.28. The van der Waals surface area contributed by atoms with Crippen molar-refractivity contribution in [1.29, 1.82) is 0 Å². The van der Waals surface area contributed by atoms with Crippen LogP contribution in [0.25, 0.3) is 0 Å². The van der Waals surface area contributed by atoms with Crippen molar-refractivity contribution in [2.45, 2.75) is 51.0 Å². The third-order valence-electron chi connectivity index (χ3n) is 5.80. The lowest BCUT2D eigenvalue weighted by Crippen LogP contribution is -2.54. The molecular formula is C21H32ClN3O2. The molecule has 1 aromatic carbocycles. The monoisotopic (exact) mass is 393 g/mol. The molecule has 1 aliphatic heterocycles. The Labute approximate surface area is 168 Å². The largest absolute Gasteiger partial charge is 0.339 e. The van der Waals surface area contributed by atoms with Gasteiger partial charge in [0.1, 0.15) is 0 Å². The first-order chi connectivity index (χ1) is 12.6. The molecule has 2 aliphatic rings. The fourth-order valence-corrected chi connectivity index (χ4v) is 4.15. The molecule has 0 spiro atoms. The Morgan fingerprint density at radius 3 is 2.22 bits per heavy atom. The maximum absolute atomic E-state index is 12.6. The van der Waals surface area contributed by atoms with Crippen molar-refractivity contribution < 1.29 is 9.59 Å². The van der Waals surface area contributed by atoms with Gasteiger partial charge < -0.3 is 15.5 Å². The van der Waals surface area contributed by atoms with Crippen LogP contribution in [0.1, 0.15) is 44.1 Å². The van der Waals surface area contributed by atoms with E-state index in [1.807, 2.05) is 40.1 Å². The van der Waals surface area contributed by atoms with Crippen LogP contribution in [0.3, 0.4) is 0 Å². The van der Waals surface area contributed by atoms with Crippen molar-refractivity contribution in [2.75, 3.05) is 26.2 Å². The van der Waals surface area contributed by atoms with Crippen molar-refractivity contribution >= 4 is 24.2 Å². The Kier molecular flexibility index (Phi) is 8.58. The van der Waals surface area contributed by atoms with Gasteiger partial charge in [0, 0.05) is 32.6 Å². The van der Waals surface area contributed by atoms with E-state index in [9.17, 15) is 9.59 Å².